The summed E-state index contributed by atoms with van der Waals surface area (Å²) in [6, 6.07) is 6.11. The average molecular weight is 296 g/mol. The SMILES string of the molecule is O=C(Nc1cccc(OC(F)F)c1)C1CC12CCNCC2. The molecule has 1 saturated heterocycles. The van der Waals surface area contributed by atoms with Crippen LogP contribution in [0.4, 0.5) is 14.5 Å². The lowest BCUT2D eigenvalue weighted by Crippen LogP contribution is -2.31. The Morgan fingerprint density at radius 2 is 2.14 bits per heavy atom. The summed E-state index contributed by atoms with van der Waals surface area (Å²) in [7, 11) is 0. The Balaban J connectivity index is 1.60. The van der Waals surface area contributed by atoms with Crippen LogP contribution in [0.1, 0.15) is 19.3 Å². The molecule has 1 aliphatic carbocycles. The normalized spacial score (nSPS) is 23.1. The van der Waals surface area contributed by atoms with E-state index in [9.17, 15) is 13.6 Å². The van der Waals surface area contributed by atoms with E-state index in [0.29, 0.717) is 5.69 Å². The molecule has 3 rings (SSSR count). The molecule has 1 aromatic carbocycles. The summed E-state index contributed by atoms with van der Waals surface area (Å²) in [5.74, 6) is 0.0700. The number of carbonyl (C=O) groups is 1. The number of alkyl halides is 2. The molecule has 1 atom stereocenters. The second-order valence-corrected chi connectivity index (χ2v) is 5.76. The van der Waals surface area contributed by atoms with Gasteiger partial charge in [-0.25, -0.2) is 0 Å². The number of anilines is 1. The highest BCUT2D eigenvalue weighted by Crippen LogP contribution is 2.58. The highest BCUT2D eigenvalue weighted by molar-refractivity contribution is 5.95. The van der Waals surface area contributed by atoms with Gasteiger partial charge in [0.05, 0.1) is 0 Å². The van der Waals surface area contributed by atoms with Gasteiger partial charge < -0.3 is 15.4 Å². The fraction of sp³-hybridized carbons (Fsp3) is 0.533. The lowest BCUT2D eigenvalue weighted by molar-refractivity contribution is -0.118. The molecule has 0 radical (unpaired) electrons. The van der Waals surface area contributed by atoms with E-state index in [-0.39, 0.29) is 23.0 Å². The van der Waals surface area contributed by atoms with Crippen LogP contribution in [-0.4, -0.2) is 25.6 Å². The van der Waals surface area contributed by atoms with Crippen LogP contribution in [0.15, 0.2) is 24.3 Å². The first-order valence-electron chi connectivity index (χ1n) is 7.16. The van der Waals surface area contributed by atoms with Crippen LogP contribution < -0.4 is 15.4 Å². The summed E-state index contributed by atoms with van der Waals surface area (Å²) >= 11 is 0. The van der Waals surface area contributed by atoms with Crippen molar-refractivity contribution in [3.63, 3.8) is 0 Å². The number of ether oxygens (including phenoxy) is 1. The van der Waals surface area contributed by atoms with Crippen LogP contribution in [0.5, 0.6) is 5.75 Å². The van der Waals surface area contributed by atoms with Crippen molar-refractivity contribution in [2.75, 3.05) is 18.4 Å². The largest absolute Gasteiger partial charge is 0.435 e. The number of piperidine rings is 1. The van der Waals surface area contributed by atoms with Crippen molar-refractivity contribution < 1.29 is 18.3 Å². The van der Waals surface area contributed by atoms with Gasteiger partial charge in [-0.05, 0) is 49.9 Å². The maximum atomic E-state index is 12.3. The molecule has 2 fully saturated rings. The standard InChI is InChI=1S/C15H18F2N2O2/c16-14(17)21-11-3-1-2-10(8-11)19-13(20)12-9-15(12)4-6-18-7-5-15/h1-3,8,12,14,18H,4-7,9H2,(H,19,20). The van der Waals surface area contributed by atoms with Crippen molar-refractivity contribution in [1.82, 2.24) is 5.32 Å². The molecule has 0 bridgehead atoms. The van der Waals surface area contributed by atoms with Crippen LogP contribution in [0.25, 0.3) is 0 Å². The zero-order valence-corrected chi connectivity index (χ0v) is 11.6. The van der Waals surface area contributed by atoms with Crippen LogP contribution >= 0.6 is 0 Å². The van der Waals surface area contributed by atoms with E-state index < -0.39 is 6.61 Å². The first kappa shape index (κ1) is 14.3. The minimum absolute atomic E-state index is 0.0221. The van der Waals surface area contributed by atoms with Gasteiger partial charge in [0.1, 0.15) is 5.75 Å². The molecular weight excluding hydrogens is 278 g/mol. The lowest BCUT2D eigenvalue weighted by atomic mass is 9.92. The lowest BCUT2D eigenvalue weighted by Gasteiger charge is -2.23. The van der Waals surface area contributed by atoms with Crippen molar-refractivity contribution in [3.05, 3.63) is 24.3 Å². The number of halogens is 2. The molecule has 1 heterocycles. The number of hydrogen-bond acceptors (Lipinski definition) is 3. The van der Waals surface area contributed by atoms with E-state index >= 15 is 0 Å². The zero-order chi connectivity index (χ0) is 14.9. The Morgan fingerprint density at radius 1 is 1.38 bits per heavy atom. The smallest absolute Gasteiger partial charge is 0.387 e. The highest BCUT2D eigenvalue weighted by Gasteiger charge is 2.57. The average Bonchev–Trinajstić information content (AvgIpc) is 3.13. The van der Waals surface area contributed by atoms with Crippen LogP contribution in [0, 0.1) is 11.3 Å². The number of nitrogens with one attached hydrogen (secondary N) is 2. The Bertz CT molecular complexity index is 530. The minimum atomic E-state index is -2.86. The second-order valence-electron chi connectivity index (χ2n) is 5.76. The third-order valence-electron chi connectivity index (χ3n) is 4.43. The molecule has 21 heavy (non-hydrogen) atoms. The van der Waals surface area contributed by atoms with E-state index in [0.717, 1.165) is 32.4 Å². The topological polar surface area (TPSA) is 50.4 Å². The molecule has 2 aliphatic rings. The van der Waals surface area contributed by atoms with E-state index in [1.807, 2.05) is 0 Å². The van der Waals surface area contributed by atoms with E-state index in [1.54, 1.807) is 12.1 Å². The van der Waals surface area contributed by atoms with Crippen molar-refractivity contribution in [2.24, 2.45) is 11.3 Å². The second kappa shape index (κ2) is 5.60. The van der Waals surface area contributed by atoms with Crippen LogP contribution in [0.2, 0.25) is 0 Å². The predicted octanol–water partition coefficient (Wildman–Crippen LogP) is 2.62. The molecule has 0 aromatic heterocycles. The summed E-state index contributed by atoms with van der Waals surface area (Å²) in [6.07, 6.45) is 2.98. The van der Waals surface area contributed by atoms with Crippen LogP contribution in [0.3, 0.4) is 0 Å². The van der Waals surface area contributed by atoms with Gasteiger partial charge >= 0.3 is 6.61 Å². The third kappa shape index (κ3) is 3.15. The van der Waals surface area contributed by atoms with Gasteiger partial charge in [-0.3, -0.25) is 4.79 Å². The van der Waals surface area contributed by atoms with Gasteiger partial charge in [0.2, 0.25) is 5.91 Å². The molecule has 1 unspecified atom stereocenters. The predicted molar refractivity (Wildman–Crippen MR) is 74.3 cm³/mol. The highest BCUT2D eigenvalue weighted by atomic mass is 19.3. The Morgan fingerprint density at radius 3 is 2.86 bits per heavy atom. The molecule has 1 amide bonds. The van der Waals surface area contributed by atoms with Crippen molar-refractivity contribution in [3.8, 4) is 5.75 Å². The molecular formula is C15H18F2N2O2. The number of rotatable bonds is 4. The summed E-state index contributed by atoms with van der Waals surface area (Å²) in [6.45, 7) is -0.944. The van der Waals surface area contributed by atoms with Crippen molar-refractivity contribution in [1.29, 1.82) is 0 Å². The molecule has 2 N–H and O–H groups in total. The van der Waals surface area contributed by atoms with Gasteiger partial charge in [0.25, 0.3) is 0 Å². The monoisotopic (exact) mass is 296 g/mol. The number of hydrogen-bond donors (Lipinski definition) is 2. The number of amides is 1. The molecule has 6 heteroatoms. The zero-order valence-electron chi connectivity index (χ0n) is 11.6. The molecule has 114 valence electrons. The summed E-state index contributed by atoms with van der Waals surface area (Å²) < 4.78 is 28.7. The van der Waals surface area contributed by atoms with Crippen molar-refractivity contribution in [2.45, 2.75) is 25.9 Å². The number of carbonyl (C=O) groups excluding carboxylic acids is 1. The molecule has 1 spiro atoms. The quantitative estimate of drug-likeness (QED) is 0.898. The third-order valence-corrected chi connectivity index (χ3v) is 4.43. The molecule has 1 aromatic rings. The first-order valence-corrected chi connectivity index (χ1v) is 7.16. The first-order chi connectivity index (χ1) is 10.1. The maximum absolute atomic E-state index is 12.3. The summed E-state index contributed by atoms with van der Waals surface area (Å²) in [5.41, 5.74) is 0.654. The van der Waals surface area contributed by atoms with Gasteiger partial charge in [0, 0.05) is 17.7 Å². The molecule has 4 nitrogen and oxygen atoms in total. The van der Waals surface area contributed by atoms with Gasteiger partial charge in [-0.15, -0.1) is 0 Å². The van der Waals surface area contributed by atoms with E-state index in [4.69, 9.17) is 0 Å². The Labute approximate surface area is 121 Å². The summed E-state index contributed by atoms with van der Waals surface area (Å²) in [5, 5.41) is 6.10. The fourth-order valence-electron chi connectivity index (χ4n) is 3.18. The Kier molecular flexibility index (Phi) is 3.80. The summed E-state index contributed by atoms with van der Waals surface area (Å²) in [4.78, 5) is 12.3. The van der Waals surface area contributed by atoms with Gasteiger partial charge in [-0.1, -0.05) is 6.07 Å². The van der Waals surface area contributed by atoms with E-state index in [1.165, 1.54) is 12.1 Å². The maximum Gasteiger partial charge on any atom is 0.387 e. The fourth-order valence-corrected chi connectivity index (χ4v) is 3.18. The molecule has 1 aliphatic heterocycles. The molecule has 1 saturated carbocycles. The van der Waals surface area contributed by atoms with Gasteiger partial charge in [0.15, 0.2) is 0 Å². The van der Waals surface area contributed by atoms with E-state index in [2.05, 4.69) is 15.4 Å². The van der Waals surface area contributed by atoms with Crippen LogP contribution in [-0.2, 0) is 4.79 Å². The minimum Gasteiger partial charge on any atom is -0.435 e. The van der Waals surface area contributed by atoms with Gasteiger partial charge in [-0.2, -0.15) is 8.78 Å². The number of benzene rings is 1. The van der Waals surface area contributed by atoms with Crippen molar-refractivity contribution >= 4 is 11.6 Å². The Hall–Kier alpha value is -1.69.